The molecule has 0 aromatic carbocycles. The van der Waals surface area contributed by atoms with Crippen molar-refractivity contribution in [2.24, 2.45) is 23.2 Å². The Hall–Kier alpha value is -0.650. The zero-order valence-electron chi connectivity index (χ0n) is 16.2. The smallest absolute Gasteiger partial charge is 0.310 e. The number of esters is 1. The van der Waals surface area contributed by atoms with Gasteiger partial charge in [-0.2, -0.15) is 0 Å². The normalized spacial score (nSPS) is 50.5. The molecule has 3 saturated heterocycles. The number of rotatable bonds is 4. The standard InChI is InChI=1S/C21H33NO4/c1-20-6-4-7-21(13-25-21)18(20)9-15-16(19(23)26-17(15)10-20)11-22-8-3-5-14(22)12-24-2/h14-18H,3-13H2,1-2H3/t14-,15+,16-,17+,18+,20+,21+/m0/s1. The van der Waals surface area contributed by atoms with Gasteiger partial charge in [0.25, 0.3) is 0 Å². The minimum absolute atomic E-state index is 0.0414. The third-order valence-corrected chi connectivity index (χ3v) is 8.37. The lowest BCUT2D eigenvalue weighted by Gasteiger charge is -2.51. The maximum Gasteiger partial charge on any atom is 0.310 e. The first-order valence-corrected chi connectivity index (χ1v) is 10.6. The third kappa shape index (κ3) is 2.65. The van der Waals surface area contributed by atoms with E-state index in [4.69, 9.17) is 14.2 Å². The van der Waals surface area contributed by atoms with Gasteiger partial charge in [-0.25, -0.2) is 0 Å². The van der Waals surface area contributed by atoms with Crippen molar-refractivity contribution >= 4 is 5.97 Å². The van der Waals surface area contributed by atoms with Crippen LogP contribution >= 0.6 is 0 Å². The highest BCUT2D eigenvalue weighted by Crippen LogP contribution is 2.62. The zero-order valence-corrected chi connectivity index (χ0v) is 16.2. The van der Waals surface area contributed by atoms with Gasteiger partial charge in [-0.1, -0.05) is 6.92 Å². The number of fused-ring (bicyclic) bond motifs is 3. The Kier molecular flexibility index (Phi) is 4.15. The molecule has 5 heteroatoms. The first kappa shape index (κ1) is 17.4. The summed E-state index contributed by atoms with van der Waals surface area (Å²) in [7, 11) is 1.77. The van der Waals surface area contributed by atoms with Gasteiger partial charge in [0.1, 0.15) is 6.10 Å². The maximum atomic E-state index is 12.8. The lowest BCUT2D eigenvalue weighted by molar-refractivity contribution is -0.147. The average Bonchev–Trinajstić information content (AvgIpc) is 3.12. The number of carbonyl (C=O) groups is 1. The minimum atomic E-state index is 0.0414. The molecule has 2 saturated carbocycles. The van der Waals surface area contributed by atoms with E-state index in [1.165, 1.54) is 32.1 Å². The Morgan fingerprint density at radius 3 is 2.92 bits per heavy atom. The van der Waals surface area contributed by atoms with Crippen molar-refractivity contribution < 1.29 is 19.0 Å². The molecule has 26 heavy (non-hydrogen) atoms. The van der Waals surface area contributed by atoms with E-state index in [9.17, 15) is 4.79 Å². The number of epoxide rings is 1. The summed E-state index contributed by atoms with van der Waals surface area (Å²) in [6.07, 6.45) is 8.41. The van der Waals surface area contributed by atoms with E-state index in [1.807, 2.05) is 0 Å². The van der Waals surface area contributed by atoms with Gasteiger partial charge in [0.15, 0.2) is 0 Å². The number of methoxy groups -OCH3 is 1. The van der Waals surface area contributed by atoms with Crippen LogP contribution in [0.3, 0.4) is 0 Å². The highest BCUT2D eigenvalue weighted by molar-refractivity contribution is 5.75. The Bertz CT molecular complexity index is 576. The van der Waals surface area contributed by atoms with Crippen molar-refractivity contribution in [1.82, 2.24) is 4.90 Å². The molecule has 0 N–H and O–H groups in total. The third-order valence-electron chi connectivity index (χ3n) is 8.37. The molecule has 3 aliphatic heterocycles. The summed E-state index contributed by atoms with van der Waals surface area (Å²) in [5.74, 6) is 1.08. The van der Waals surface area contributed by atoms with Gasteiger partial charge in [-0.3, -0.25) is 9.69 Å². The maximum absolute atomic E-state index is 12.8. The van der Waals surface area contributed by atoms with E-state index in [0.717, 1.165) is 39.1 Å². The summed E-state index contributed by atoms with van der Waals surface area (Å²) in [5.41, 5.74) is 0.428. The van der Waals surface area contributed by atoms with Crippen molar-refractivity contribution in [3.8, 4) is 0 Å². The first-order chi connectivity index (χ1) is 12.5. The van der Waals surface area contributed by atoms with Crippen LogP contribution in [-0.2, 0) is 19.0 Å². The zero-order chi connectivity index (χ0) is 17.9. The van der Waals surface area contributed by atoms with Gasteiger partial charge < -0.3 is 14.2 Å². The molecule has 0 aromatic rings. The van der Waals surface area contributed by atoms with Gasteiger partial charge in [0, 0.05) is 25.6 Å². The molecule has 0 amide bonds. The second-order valence-corrected chi connectivity index (χ2v) is 9.85. The molecule has 0 radical (unpaired) electrons. The lowest BCUT2D eigenvalue weighted by atomic mass is 9.53. The van der Waals surface area contributed by atoms with Crippen molar-refractivity contribution in [3.05, 3.63) is 0 Å². The molecule has 5 fully saturated rings. The van der Waals surface area contributed by atoms with Crippen LogP contribution in [0.4, 0.5) is 0 Å². The van der Waals surface area contributed by atoms with Crippen LogP contribution in [0, 0.1) is 23.2 Å². The van der Waals surface area contributed by atoms with Crippen LogP contribution < -0.4 is 0 Å². The SMILES string of the molecule is COC[C@@H]1CCCN1C[C@@H]1C(=O)O[C@@H]2C[C@@]3(C)CCC[C@@]4(CO4)[C@@H]3C[C@H]12. The number of likely N-dealkylation sites (tertiary alicyclic amines) is 1. The minimum Gasteiger partial charge on any atom is -0.462 e. The fraction of sp³-hybridized carbons (Fsp3) is 0.952. The van der Waals surface area contributed by atoms with E-state index in [1.54, 1.807) is 7.11 Å². The summed E-state index contributed by atoms with van der Waals surface area (Å²) in [6.45, 7) is 6.07. The Morgan fingerprint density at radius 1 is 1.31 bits per heavy atom. The molecule has 0 bridgehead atoms. The number of hydrogen-bond donors (Lipinski definition) is 0. The Labute approximate surface area is 156 Å². The number of carbonyl (C=O) groups excluding carboxylic acids is 1. The van der Waals surface area contributed by atoms with Gasteiger partial charge in [-0.15, -0.1) is 0 Å². The first-order valence-electron chi connectivity index (χ1n) is 10.6. The molecule has 5 rings (SSSR count). The molecule has 5 nitrogen and oxygen atoms in total. The molecule has 2 aliphatic carbocycles. The molecule has 146 valence electrons. The van der Waals surface area contributed by atoms with Crippen molar-refractivity contribution in [3.63, 3.8) is 0 Å². The quantitative estimate of drug-likeness (QED) is 0.568. The van der Waals surface area contributed by atoms with E-state index in [-0.39, 0.29) is 29.0 Å². The molecular formula is C21H33NO4. The van der Waals surface area contributed by atoms with E-state index < -0.39 is 0 Å². The van der Waals surface area contributed by atoms with Crippen molar-refractivity contribution in [1.29, 1.82) is 0 Å². The van der Waals surface area contributed by atoms with Crippen molar-refractivity contribution in [2.45, 2.75) is 69.6 Å². The van der Waals surface area contributed by atoms with E-state index in [2.05, 4.69) is 11.8 Å². The van der Waals surface area contributed by atoms with E-state index >= 15 is 0 Å². The predicted octanol–water partition coefficient (Wildman–Crippen LogP) is 2.62. The molecule has 0 aromatic heterocycles. The second kappa shape index (κ2) is 6.18. The molecular weight excluding hydrogens is 330 g/mol. The molecule has 5 aliphatic rings. The number of ether oxygens (including phenoxy) is 3. The molecule has 0 unspecified atom stereocenters. The molecule has 1 spiro atoms. The average molecular weight is 363 g/mol. The Morgan fingerprint density at radius 2 is 2.15 bits per heavy atom. The monoisotopic (exact) mass is 363 g/mol. The van der Waals surface area contributed by atoms with Crippen LogP contribution in [0.2, 0.25) is 0 Å². The van der Waals surface area contributed by atoms with Crippen molar-refractivity contribution in [2.75, 3.05) is 33.4 Å². The Balaban J connectivity index is 1.34. The number of hydrogen-bond acceptors (Lipinski definition) is 5. The summed E-state index contributed by atoms with van der Waals surface area (Å²) >= 11 is 0. The van der Waals surface area contributed by atoms with Gasteiger partial charge in [-0.05, 0) is 62.8 Å². The van der Waals surface area contributed by atoms with Crippen LogP contribution in [0.5, 0.6) is 0 Å². The van der Waals surface area contributed by atoms with Gasteiger partial charge in [0.2, 0.25) is 0 Å². The van der Waals surface area contributed by atoms with Gasteiger partial charge in [0.05, 0.1) is 24.7 Å². The second-order valence-electron chi connectivity index (χ2n) is 9.85. The fourth-order valence-electron chi connectivity index (χ4n) is 6.93. The van der Waals surface area contributed by atoms with Crippen LogP contribution in [0.25, 0.3) is 0 Å². The highest BCUT2D eigenvalue weighted by atomic mass is 16.6. The molecule has 7 atom stereocenters. The van der Waals surface area contributed by atoms with E-state index in [0.29, 0.717) is 17.9 Å². The summed E-state index contributed by atoms with van der Waals surface area (Å²) in [6, 6.07) is 0.466. The summed E-state index contributed by atoms with van der Waals surface area (Å²) < 4.78 is 17.4. The number of nitrogens with zero attached hydrogens (tertiary/aromatic N) is 1. The predicted molar refractivity (Wildman–Crippen MR) is 96.7 cm³/mol. The lowest BCUT2D eigenvalue weighted by Crippen LogP contribution is -2.51. The van der Waals surface area contributed by atoms with Crippen LogP contribution in [0.1, 0.15) is 51.9 Å². The summed E-state index contributed by atoms with van der Waals surface area (Å²) in [5, 5.41) is 0. The summed E-state index contributed by atoms with van der Waals surface area (Å²) in [4.78, 5) is 15.3. The van der Waals surface area contributed by atoms with Crippen LogP contribution in [-0.4, -0.2) is 62.0 Å². The topological polar surface area (TPSA) is 51.3 Å². The highest BCUT2D eigenvalue weighted by Gasteiger charge is 2.65. The largest absolute Gasteiger partial charge is 0.462 e. The fourth-order valence-corrected chi connectivity index (χ4v) is 6.93. The van der Waals surface area contributed by atoms with Crippen LogP contribution in [0.15, 0.2) is 0 Å². The molecule has 3 heterocycles. The van der Waals surface area contributed by atoms with Gasteiger partial charge >= 0.3 is 5.97 Å².